The van der Waals surface area contributed by atoms with E-state index in [2.05, 4.69) is 10.1 Å². The van der Waals surface area contributed by atoms with Crippen LogP contribution in [0.15, 0.2) is 16.5 Å². The van der Waals surface area contributed by atoms with Crippen LogP contribution in [0, 0.1) is 0 Å². The number of rotatable bonds is 8. The van der Waals surface area contributed by atoms with E-state index in [1.807, 2.05) is 6.92 Å². The Kier molecular flexibility index (Phi) is 6.42. The first-order valence-corrected chi connectivity index (χ1v) is 5.79. The molecule has 0 saturated carbocycles. The van der Waals surface area contributed by atoms with Crippen LogP contribution in [0.3, 0.4) is 0 Å². The molecular formula is C12H19NO5. The summed E-state index contributed by atoms with van der Waals surface area (Å²) in [6.07, 6.45) is 0. The van der Waals surface area contributed by atoms with Crippen LogP contribution in [-0.4, -0.2) is 44.6 Å². The number of carbonyl (C=O) groups is 1. The minimum atomic E-state index is -0.486. The van der Waals surface area contributed by atoms with Crippen LogP contribution in [0.5, 0.6) is 0 Å². The third kappa shape index (κ3) is 4.48. The summed E-state index contributed by atoms with van der Waals surface area (Å²) >= 11 is 0. The highest BCUT2D eigenvalue weighted by molar-refractivity contribution is 5.86. The molecule has 102 valence electrons. The van der Waals surface area contributed by atoms with Crippen molar-refractivity contribution < 1.29 is 23.8 Å². The SMILES string of the molecule is COC(=O)c1ccc(C(C)NCCOCCO)o1. The molecule has 6 heteroatoms. The van der Waals surface area contributed by atoms with Crippen LogP contribution in [0.4, 0.5) is 0 Å². The lowest BCUT2D eigenvalue weighted by Gasteiger charge is -2.11. The molecule has 0 aliphatic rings. The number of esters is 1. The first-order chi connectivity index (χ1) is 8.69. The Balaban J connectivity index is 2.35. The predicted octanol–water partition coefficient (Wildman–Crippen LogP) is 0.726. The molecule has 1 heterocycles. The van der Waals surface area contributed by atoms with Gasteiger partial charge in [0.15, 0.2) is 0 Å². The molecule has 1 unspecified atom stereocenters. The Morgan fingerprint density at radius 2 is 2.28 bits per heavy atom. The molecule has 1 atom stereocenters. The monoisotopic (exact) mass is 257 g/mol. The van der Waals surface area contributed by atoms with Gasteiger partial charge in [-0.3, -0.25) is 0 Å². The molecule has 0 radical (unpaired) electrons. The molecule has 1 rings (SSSR count). The van der Waals surface area contributed by atoms with E-state index in [0.717, 1.165) is 0 Å². The third-order valence-electron chi connectivity index (χ3n) is 2.37. The number of hydrogen-bond acceptors (Lipinski definition) is 6. The maximum Gasteiger partial charge on any atom is 0.373 e. The first-order valence-electron chi connectivity index (χ1n) is 5.79. The topological polar surface area (TPSA) is 80.9 Å². The van der Waals surface area contributed by atoms with Gasteiger partial charge >= 0.3 is 5.97 Å². The summed E-state index contributed by atoms with van der Waals surface area (Å²) in [5, 5.41) is 11.7. The van der Waals surface area contributed by atoms with Gasteiger partial charge in [0.05, 0.1) is 33.0 Å². The molecule has 1 aromatic heterocycles. The number of hydrogen-bond donors (Lipinski definition) is 2. The minimum Gasteiger partial charge on any atom is -0.463 e. The second-order valence-electron chi connectivity index (χ2n) is 3.71. The Bertz CT molecular complexity index is 363. The van der Waals surface area contributed by atoms with Gasteiger partial charge < -0.3 is 24.3 Å². The van der Waals surface area contributed by atoms with Crippen molar-refractivity contribution in [3.8, 4) is 0 Å². The minimum absolute atomic E-state index is 0.0240. The number of methoxy groups -OCH3 is 1. The summed E-state index contributed by atoms with van der Waals surface area (Å²) in [7, 11) is 1.31. The number of carbonyl (C=O) groups excluding carboxylic acids is 1. The van der Waals surface area contributed by atoms with Crippen LogP contribution in [-0.2, 0) is 9.47 Å². The highest BCUT2D eigenvalue weighted by atomic mass is 16.5. The average Bonchev–Trinajstić information content (AvgIpc) is 2.87. The Hall–Kier alpha value is -1.37. The van der Waals surface area contributed by atoms with E-state index in [9.17, 15) is 4.79 Å². The third-order valence-corrected chi connectivity index (χ3v) is 2.37. The highest BCUT2D eigenvalue weighted by Crippen LogP contribution is 2.16. The molecule has 0 saturated heterocycles. The lowest BCUT2D eigenvalue weighted by atomic mass is 10.2. The van der Waals surface area contributed by atoms with E-state index in [4.69, 9.17) is 14.3 Å². The number of nitrogens with one attached hydrogen (secondary N) is 1. The van der Waals surface area contributed by atoms with E-state index in [0.29, 0.717) is 25.5 Å². The summed E-state index contributed by atoms with van der Waals surface area (Å²) in [6, 6.07) is 3.29. The van der Waals surface area contributed by atoms with Crippen molar-refractivity contribution >= 4 is 5.97 Å². The zero-order valence-corrected chi connectivity index (χ0v) is 10.6. The van der Waals surface area contributed by atoms with Crippen molar-refractivity contribution in [2.45, 2.75) is 13.0 Å². The van der Waals surface area contributed by atoms with Crippen LogP contribution < -0.4 is 5.32 Å². The fourth-order valence-corrected chi connectivity index (χ4v) is 1.41. The fourth-order valence-electron chi connectivity index (χ4n) is 1.41. The zero-order valence-electron chi connectivity index (χ0n) is 10.6. The molecule has 0 bridgehead atoms. The van der Waals surface area contributed by atoms with E-state index >= 15 is 0 Å². The van der Waals surface area contributed by atoms with E-state index in [-0.39, 0.29) is 18.4 Å². The molecule has 18 heavy (non-hydrogen) atoms. The van der Waals surface area contributed by atoms with Gasteiger partial charge in [-0.05, 0) is 19.1 Å². The van der Waals surface area contributed by atoms with Crippen LogP contribution in [0.2, 0.25) is 0 Å². The Morgan fingerprint density at radius 3 is 2.94 bits per heavy atom. The number of furan rings is 1. The summed E-state index contributed by atoms with van der Waals surface area (Å²) < 4.78 is 15.0. The van der Waals surface area contributed by atoms with Gasteiger partial charge in [0, 0.05) is 6.54 Å². The molecule has 0 fully saturated rings. The van der Waals surface area contributed by atoms with E-state index in [1.165, 1.54) is 7.11 Å². The summed E-state index contributed by atoms with van der Waals surface area (Å²) in [4.78, 5) is 11.2. The first kappa shape index (κ1) is 14.7. The van der Waals surface area contributed by atoms with Crippen LogP contribution in [0.25, 0.3) is 0 Å². The lowest BCUT2D eigenvalue weighted by Crippen LogP contribution is -2.23. The van der Waals surface area contributed by atoms with Crippen LogP contribution in [0.1, 0.15) is 29.3 Å². The summed E-state index contributed by atoms with van der Waals surface area (Å²) in [6.45, 7) is 3.43. The van der Waals surface area contributed by atoms with Gasteiger partial charge in [-0.25, -0.2) is 4.79 Å². The Labute approximate surface area is 106 Å². The predicted molar refractivity (Wildman–Crippen MR) is 64.4 cm³/mol. The van der Waals surface area contributed by atoms with Crippen molar-refractivity contribution in [1.29, 1.82) is 0 Å². The molecule has 0 amide bonds. The molecule has 0 aromatic carbocycles. The van der Waals surface area contributed by atoms with Crippen molar-refractivity contribution in [1.82, 2.24) is 5.32 Å². The van der Waals surface area contributed by atoms with Crippen molar-refractivity contribution in [2.24, 2.45) is 0 Å². The molecule has 1 aromatic rings. The van der Waals surface area contributed by atoms with Crippen molar-refractivity contribution in [2.75, 3.05) is 33.5 Å². The smallest absolute Gasteiger partial charge is 0.373 e. The Morgan fingerprint density at radius 1 is 1.50 bits per heavy atom. The standard InChI is InChI=1S/C12H19NO5/c1-9(13-5-7-17-8-6-14)10-3-4-11(18-10)12(15)16-2/h3-4,9,13-14H,5-8H2,1-2H3. The lowest BCUT2D eigenvalue weighted by molar-refractivity contribution is 0.0562. The molecule has 0 aliphatic carbocycles. The molecule has 6 nitrogen and oxygen atoms in total. The van der Waals surface area contributed by atoms with Crippen LogP contribution >= 0.6 is 0 Å². The van der Waals surface area contributed by atoms with Gasteiger partial charge in [-0.1, -0.05) is 0 Å². The van der Waals surface area contributed by atoms with Gasteiger partial charge in [-0.15, -0.1) is 0 Å². The quantitative estimate of drug-likeness (QED) is 0.528. The summed E-state index contributed by atoms with van der Waals surface area (Å²) in [5.41, 5.74) is 0. The average molecular weight is 257 g/mol. The van der Waals surface area contributed by atoms with Gasteiger partial charge in [0.1, 0.15) is 5.76 Å². The van der Waals surface area contributed by atoms with Crippen molar-refractivity contribution in [3.63, 3.8) is 0 Å². The second-order valence-corrected chi connectivity index (χ2v) is 3.71. The normalized spacial score (nSPS) is 12.4. The number of ether oxygens (including phenoxy) is 2. The van der Waals surface area contributed by atoms with Gasteiger partial charge in [-0.2, -0.15) is 0 Å². The zero-order chi connectivity index (χ0) is 13.4. The maximum atomic E-state index is 11.2. The molecule has 2 N–H and O–H groups in total. The highest BCUT2D eigenvalue weighted by Gasteiger charge is 2.14. The van der Waals surface area contributed by atoms with E-state index < -0.39 is 5.97 Å². The van der Waals surface area contributed by atoms with E-state index in [1.54, 1.807) is 12.1 Å². The fraction of sp³-hybridized carbons (Fsp3) is 0.583. The number of aliphatic hydroxyl groups excluding tert-OH is 1. The number of aliphatic hydroxyl groups is 1. The summed E-state index contributed by atoms with van der Waals surface area (Å²) in [5.74, 6) is 0.370. The molecular weight excluding hydrogens is 238 g/mol. The second kappa shape index (κ2) is 7.86. The van der Waals surface area contributed by atoms with Crippen molar-refractivity contribution in [3.05, 3.63) is 23.7 Å². The maximum absolute atomic E-state index is 11.2. The largest absolute Gasteiger partial charge is 0.463 e. The molecule has 0 spiro atoms. The van der Waals surface area contributed by atoms with Gasteiger partial charge in [0.2, 0.25) is 5.76 Å². The van der Waals surface area contributed by atoms with Gasteiger partial charge in [0.25, 0.3) is 0 Å². The molecule has 0 aliphatic heterocycles.